The fourth-order valence-corrected chi connectivity index (χ4v) is 1.77. The van der Waals surface area contributed by atoms with E-state index in [1.807, 2.05) is 6.92 Å². The molecular formula is C14H16F3N3O. The molecule has 1 aliphatic rings. The number of hydrogen-bond acceptors (Lipinski definition) is 3. The molecule has 0 aliphatic heterocycles. The molecule has 1 amide bonds. The van der Waals surface area contributed by atoms with E-state index in [0.717, 1.165) is 30.7 Å². The monoisotopic (exact) mass is 299 g/mol. The summed E-state index contributed by atoms with van der Waals surface area (Å²) in [6.07, 6.45) is -2.22. The van der Waals surface area contributed by atoms with E-state index >= 15 is 0 Å². The van der Waals surface area contributed by atoms with Crippen LogP contribution in [0.4, 0.5) is 18.9 Å². The van der Waals surface area contributed by atoms with Gasteiger partial charge in [-0.1, -0.05) is 6.07 Å². The number of nitrogens with one attached hydrogen (secondary N) is 2. The Morgan fingerprint density at radius 3 is 2.71 bits per heavy atom. The lowest BCUT2D eigenvalue weighted by Gasteiger charge is -2.10. The number of hydrazone groups is 1. The summed E-state index contributed by atoms with van der Waals surface area (Å²) in [5, 5.41) is 6.60. The summed E-state index contributed by atoms with van der Waals surface area (Å²) < 4.78 is 37.6. The third-order valence-electron chi connectivity index (χ3n) is 3.17. The molecule has 0 radical (unpaired) electrons. The molecule has 1 saturated carbocycles. The van der Waals surface area contributed by atoms with Gasteiger partial charge >= 0.3 is 6.18 Å². The first-order valence-corrected chi connectivity index (χ1v) is 6.60. The van der Waals surface area contributed by atoms with Crippen molar-refractivity contribution in [3.63, 3.8) is 0 Å². The van der Waals surface area contributed by atoms with Crippen molar-refractivity contribution < 1.29 is 18.0 Å². The average molecular weight is 299 g/mol. The van der Waals surface area contributed by atoms with Crippen molar-refractivity contribution in [2.75, 3.05) is 11.9 Å². The summed E-state index contributed by atoms with van der Waals surface area (Å²) in [5.74, 6) is 0.0640. The van der Waals surface area contributed by atoms with Gasteiger partial charge in [0.15, 0.2) is 0 Å². The van der Waals surface area contributed by atoms with Gasteiger partial charge in [-0.05, 0) is 43.9 Å². The summed E-state index contributed by atoms with van der Waals surface area (Å²) in [7, 11) is 0. The highest BCUT2D eigenvalue weighted by atomic mass is 19.4. The van der Waals surface area contributed by atoms with Gasteiger partial charge in [0.25, 0.3) is 5.91 Å². The zero-order valence-corrected chi connectivity index (χ0v) is 11.5. The topological polar surface area (TPSA) is 53.5 Å². The van der Waals surface area contributed by atoms with E-state index in [1.54, 1.807) is 0 Å². The smallest absolute Gasteiger partial charge is 0.376 e. The van der Waals surface area contributed by atoms with Gasteiger partial charge in [-0.15, -0.1) is 0 Å². The zero-order valence-electron chi connectivity index (χ0n) is 11.5. The predicted octanol–water partition coefficient (Wildman–Crippen LogP) is 3.02. The van der Waals surface area contributed by atoms with Crippen molar-refractivity contribution in [2.45, 2.75) is 25.9 Å². The molecular weight excluding hydrogens is 283 g/mol. The van der Waals surface area contributed by atoms with Gasteiger partial charge in [0.2, 0.25) is 0 Å². The molecule has 4 nitrogen and oxygen atoms in total. The van der Waals surface area contributed by atoms with Crippen LogP contribution < -0.4 is 10.7 Å². The highest BCUT2D eigenvalue weighted by Crippen LogP contribution is 2.31. The summed E-state index contributed by atoms with van der Waals surface area (Å²) in [6.45, 7) is 1.71. The van der Waals surface area contributed by atoms with Gasteiger partial charge in [0.05, 0.1) is 12.1 Å². The quantitative estimate of drug-likeness (QED) is 0.648. The number of carbonyl (C=O) groups excluding carboxylic acids is 1. The Kier molecular flexibility index (Phi) is 4.50. The fraction of sp³-hybridized carbons (Fsp3) is 0.429. The van der Waals surface area contributed by atoms with Gasteiger partial charge in [-0.25, -0.2) is 5.43 Å². The van der Waals surface area contributed by atoms with Crippen molar-refractivity contribution in [1.29, 1.82) is 0 Å². The maximum absolute atomic E-state index is 12.5. The van der Waals surface area contributed by atoms with Crippen molar-refractivity contribution in [3.8, 4) is 0 Å². The van der Waals surface area contributed by atoms with Gasteiger partial charge in [0.1, 0.15) is 0 Å². The molecule has 1 aliphatic carbocycles. The second kappa shape index (κ2) is 6.15. The minimum atomic E-state index is -4.40. The maximum atomic E-state index is 12.5. The van der Waals surface area contributed by atoms with E-state index in [-0.39, 0.29) is 12.2 Å². The summed E-state index contributed by atoms with van der Waals surface area (Å²) in [5.41, 5.74) is 2.75. The molecule has 0 aromatic heterocycles. The Hall–Kier alpha value is -2.05. The predicted molar refractivity (Wildman–Crippen MR) is 73.9 cm³/mol. The lowest BCUT2D eigenvalue weighted by atomic mass is 10.2. The largest absolute Gasteiger partial charge is 0.416 e. The third-order valence-corrected chi connectivity index (χ3v) is 3.17. The molecule has 21 heavy (non-hydrogen) atoms. The molecule has 0 unspecified atom stereocenters. The number of halogens is 3. The van der Waals surface area contributed by atoms with Crippen LogP contribution in [0.5, 0.6) is 0 Å². The maximum Gasteiger partial charge on any atom is 0.416 e. The molecule has 2 rings (SSSR count). The minimum absolute atomic E-state index is 0.136. The van der Waals surface area contributed by atoms with Gasteiger partial charge in [-0.3, -0.25) is 4.79 Å². The van der Waals surface area contributed by atoms with E-state index in [0.29, 0.717) is 5.92 Å². The second-order valence-electron chi connectivity index (χ2n) is 4.99. The van der Waals surface area contributed by atoms with Gasteiger partial charge in [0, 0.05) is 11.4 Å². The Morgan fingerprint density at radius 1 is 1.38 bits per heavy atom. The highest BCUT2D eigenvalue weighted by molar-refractivity contribution is 5.88. The van der Waals surface area contributed by atoms with Crippen molar-refractivity contribution in [2.24, 2.45) is 11.0 Å². The highest BCUT2D eigenvalue weighted by Gasteiger charge is 2.30. The van der Waals surface area contributed by atoms with Crippen LogP contribution in [0.2, 0.25) is 0 Å². The Bertz CT molecular complexity index is 551. The first-order valence-electron chi connectivity index (χ1n) is 6.60. The Morgan fingerprint density at radius 2 is 2.10 bits per heavy atom. The van der Waals surface area contributed by atoms with Gasteiger partial charge < -0.3 is 5.32 Å². The van der Waals surface area contributed by atoms with Crippen LogP contribution in [0.1, 0.15) is 25.3 Å². The normalized spacial score (nSPS) is 15.7. The van der Waals surface area contributed by atoms with E-state index in [9.17, 15) is 18.0 Å². The van der Waals surface area contributed by atoms with Crippen molar-refractivity contribution in [3.05, 3.63) is 29.8 Å². The zero-order chi connectivity index (χ0) is 15.5. The summed E-state index contributed by atoms with van der Waals surface area (Å²) in [6, 6.07) is 4.71. The molecule has 7 heteroatoms. The average Bonchev–Trinajstić information content (AvgIpc) is 3.26. The number of amides is 1. The first-order chi connectivity index (χ1) is 9.86. The number of carbonyl (C=O) groups is 1. The van der Waals surface area contributed by atoms with Crippen LogP contribution in [0.25, 0.3) is 0 Å². The molecule has 1 aromatic rings. The second-order valence-corrected chi connectivity index (χ2v) is 4.99. The van der Waals surface area contributed by atoms with Crippen LogP contribution in [0.15, 0.2) is 29.4 Å². The fourth-order valence-electron chi connectivity index (χ4n) is 1.77. The van der Waals surface area contributed by atoms with Crippen molar-refractivity contribution >= 4 is 17.3 Å². The Labute approximate surface area is 120 Å². The standard InChI is InChI=1S/C14H16F3N3O/c1-9(10-5-6-10)19-20-13(21)8-18-12-4-2-3-11(7-12)14(15,16)17/h2-4,7,10,18H,5-6,8H2,1H3,(H,20,21)/b19-9+. The SMILES string of the molecule is C/C(=N\NC(=O)CNc1cccc(C(F)(F)F)c1)C1CC1. The van der Waals surface area contributed by atoms with E-state index in [2.05, 4.69) is 15.8 Å². The van der Waals surface area contributed by atoms with Gasteiger partial charge in [-0.2, -0.15) is 18.3 Å². The molecule has 2 N–H and O–H groups in total. The van der Waals surface area contributed by atoms with E-state index in [4.69, 9.17) is 0 Å². The third kappa shape index (κ3) is 4.77. The Balaban J connectivity index is 1.85. The lowest BCUT2D eigenvalue weighted by molar-refractivity contribution is -0.137. The molecule has 1 aromatic carbocycles. The molecule has 0 atom stereocenters. The molecule has 1 fully saturated rings. The number of rotatable bonds is 5. The van der Waals surface area contributed by atoms with E-state index < -0.39 is 17.6 Å². The molecule has 0 bridgehead atoms. The lowest BCUT2D eigenvalue weighted by Crippen LogP contribution is -2.27. The number of alkyl halides is 3. The molecule has 0 heterocycles. The summed E-state index contributed by atoms with van der Waals surface area (Å²) >= 11 is 0. The van der Waals surface area contributed by atoms with Crippen molar-refractivity contribution in [1.82, 2.24) is 5.43 Å². The van der Waals surface area contributed by atoms with Crippen LogP contribution in [0, 0.1) is 5.92 Å². The summed E-state index contributed by atoms with van der Waals surface area (Å²) in [4.78, 5) is 11.5. The van der Waals surface area contributed by atoms with E-state index in [1.165, 1.54) is 12.1 Å². The van der Waals surface area contributed by atoms with Crippen LogP contribution in [-0.2, 0) is 11.0 Å². The number of nitrogens with zero attached hydrogens (tertiary/aromatic N) is 1. The van der Waals surface area contributed by atoms with Crippen LogP contribution in [-0.4, -0.2) is 18.2 Å². The minimum Gasteiger partial charge on any atom is -0.376 e. The first kappa shape index (κ1) is 15.3. The van der Waals surface area contributed by atoms with Crippen LogP contribution >= 0.6 is 0 Å². The van der Waals surface area contributed by atoms with Crippen LogP contribution in [0.3, 0.4) is 0 Å². The molecule has 114 valence electrons. The number of benzene rings is 1. The molecule has 0 spiro atoms. The number of anilines is 1. The molecule has 0 saturated heterocycles. The number of hydrogen-bond donors (Lipinski definition) is 2.